The van der Waals surface area contributed by atoms with Gasteiger partial charge in [-0.25, -0.2) is 4.98 Å². The lowest BCUT2D eigenvalue weighted by Gasteiger charge is -2.35. The van der Waals surface area contributed by atoms with Crippen LogP contribution in [-0.4, -0.2) is 18.0 Å². The van der Waals surface area contributed by atoms with Gasteiger partial charge in [0.15, 0.2) is 8.07 Å². The lowest BCUT2D eigenvalue weighted by molar-refractivity contribution is 0.419. The lowest BCUT2D eigenvalue weighted by Crippen LogP contribution is -2.74. The second-order valence-electron chi connectivity index (χ2n) is 15.4. The Bertz CT molecular complexity index is 2900. The summed E-state index contributed by atoms with van der Waals surface area (Å²) in [6.07, 6.45) is 1.87. The molecule has 56 heavy (non-hydrogen) atoms. The zero-order chi connectivity index (χ0) is 37.9. The minimum atomic E-state index is -2.80. The Morgan fingerprint density at radius 1 is 0.518 bits per heavy atom. The fraction of sp³-hybridized carbons (Fsp3) is 0.0769. The number of para-hydroxylation sites is 2. The van der Waals surface area contributed by atoms with E-state index in [0.717, 1.165) is 61.3 Å². The maximum absolute atomic E-state index is 6.81. The minimum absolute atomic E-state index is 0.249. The predicted molar refractivity (Wildman–Crippen MR) is 235 cm³/mol. The first-order valence-corrected chi connectivity index (χ1v) is 21.3. The summed E-state index contributed by atoms with van der Waals surface area (Å²) in [7, 11) is -2.80. The van der Waals surface area contributed by atoms with E-state index in [-0.39, 0.29) is 5.41 Å². The first-order chi connectivity index (χ1) is 27.4. The van der Waals surface area contributed by atoms with Crippen LogP contribution in [-0.2, 0) is 5.41 Å². The molecule has 0 bridgehead atoms. The molecule has 0 radical (unpaired) electrons. The Kier molecular flexibility index (Phi) is 8.05. The molecule has 7 aromatic carbocycles. The van der Waals surface area contributed by atoms with E-state index in [4.69, 9.17) is 14.7 Å². The van der Waals surface area contributed by atoms with Crippen LogP contribution in [0.1, 0.15) is 30.5 Å². The van der Waals surface area contributed by atoms with E-state index in [9.17, 15) is 0 Å². The molecule has 0 atom stereocenters. The molecule has 0 spiro atoms. The highest BCUT2D eigenvalue weighted by molar-refractivity contribution is 7.19. The zero-order valence-electron chi connectivity index (χ0n) is 31.7. The van der Waals surface area contributed by atoms with E-state index in [0.29, 0.717) is 0 Å². The zero-order valence-corrected chi connectivity index (χ0v) is 32.7. The third-order valence-corrected chi connectivity index (χ3v) is 16.5. The second-order valence-corrected chi connectivity index (χ2v) is 19.2. The molecule has 0 N–H and O–H groups in total. The van der Waals surface area contributed by atoms with Gasteiger partial charge in [-0.15, -0.1) is 0 Å². The molecule has 0 saturated heterocycles. The monoisotopic (exact) mass is 736 g/mol. The van der Waals surface area contributed by atoms with E-state index in [1.54, 1.807) is 0 Å². The predicted octanol–water partition coefficient (Wildman–Crippen LogP) is 10.2. The maximum atomic E-state index is 6.81. The van der Waals surface area contributed by atoms with Gasteiger partial charge in [0.1, 0.15) is 11.5 Å². The van der Waals surface area contributed by atoms with Gasteiger partial charge in [0.25, 0.3) is 0 Å². The van der Waals surface area contributed by atoms with Gasteiger partial charge in [0.05, 0.1) is 16.7 Å². The number of pyridine rings is 2. The van der Waals surface area contributed by atoms with Gasteiger partial charge >= 0.3 is 0 Å². The fourth-order valence-electron chi connectivity index (χ4n) is 9.05. The molecular formula is C52H40N2OSi. The van der Waals surface area contributed by atoms with Crippen molar-refractivity contribution in [3.05, 3.63) is 205 Å². The van der Waals surface area contributed by atoms with Crippen LogP contribution >= 0.6 is 0 Å². The summed E-state index contributed by atoms with van der Waals surface area (Å²) in [6.45, 7) is 6.76. The normalized spacial score (nSPS) is 13.2. The quantitative estimate of drug-likeness (QED) is 0.0969. The second kappa shape index (κ2) is 13.3. The molecule has 0 saturated carbocycles. The van der Waals surface area contributed by atoms with Crippen molar-refractivity contribution in [2.24, 2.45) is 0 Å². The van der Waals surface area contributed by atoms with Crippen molar-refractivity contribution in [1.82, 2.24) is 9.97 Å². The van der Waals surface area contributed by atoms with Crippen LogP contribution in [0.5, 0.6) is 11.5 Å². The Hall–Kier alpha value is -6.62. The average Bonchev–Trinajstić information content (AvgIpc) is 3.24. The van der Waals surface area contributed by atoms with E-state index in [2.05, 4.69) is 191 Å². The number of hydrogen-bond donors (Lipinski definition) is 0. The minimum Gasteiger partial charge on any atom is -0.456 e. The van der Waals surface area contributed by atoms with Gasteiger partial charge in [0, 0.05) is 39.1 Å². The Morgan fingerprint density at radius 2 is 1.18 bits per heavy atom. The van der Waals surface area contributed by atoms with Gasteiger partial charge in [-0.3, -0.25) is 4.98 Å². The first-order valence-electron chi connectivity index (χ1n) is 19.3. The molecule has 0 fully saturated rings. The molecule has 2 aromatic heterocycles. The molecule has 0 unspecified atom stereocenters. The first kappa shape index (κ1) is 33.9. The van der Waals surface area contributed by atoms with Crippen LogP contribution in [0, 0.1) is 6.92 Å². The number of hydrogen-bond acceptors (Lipinski definition) is 3. The van der Waals surface area contributed by atoms with Crippen molar-refractivity contribution in [3.8, 4) is 33.9 Å². The molecule has 0 amide bonds. The van der Waals surface area contributed by atoms with Crippen LogP contribution in [0.4, 0.5) is 0 Å². The highest BCUT2D eigenvalue weighted by atomic mass is 28.3. The summed E-state index contributed by atoms with van der Waals surface area (Å²) in [6, 6.07) is 66.3. The number of fused-ring (bicyclic) bond motifs is 5. The summed E-state index contributed by atoms with van der Waals surface area (Å²) >= 11 is 0. The number of ether oxygens (including phenoxy) is 1. The Labute approximate surface area is 329 Å². The molecular weight excluding hydrogens is 697 g/mol. The molecule has 4 heteroatoms. The van der Waals surface area contributed by atoms with Gasteiger partial charge in [-0.1, -0.05) is 177 Å². The lowest BCUT2D eigenvalue weighted by atomic mass is 9.75. The van der Waals surface area contributed by atoms with E-state index in [1.807, 2.05) is 18.3 Å². The third kappa shape index (κ3) is 5.32. The highest BCUT2D eigenvalue weighted by Crippen LogP contribution is 2.51. The van der Waals surface area contributed by atoms with Crippen LogP contribution < -0.4 is 25.5 Å². The summed E-state index contributed by atoms with van der Waals surface area (Å²) in [4.78, 5) is 10.4. The fourth-order valence-corrected chi connectivity index (χ4v) is 13.9. The van der Waals surface area contributed by atoms with Crippen molar-refractivity contribution in [2.45, 2.75) is 26.2 Å². The summed E-state index contributed by atoms with van der Waals surface area (Å²) in [5.74, 6) is 1.74. The summed E-state index contributed by atoms with van der Waals surface area (Å²) in [5.41, 5.74) is 9.18. The van der Waals surface area contributed by atoms with Crippen LogP contribution in [0.2, 0.25) is 0 Å². The molecule has 268 valence electrons. The molecule has 9 aromatic rings. The van der Waals surface area contributed by atoms with Crippen molar-refractivity contribution in [2.75, 3.05) is 0 Å². The van der Waals surface area contributed by atoms with Gasteiger partial charge < -0.3 is 4.74 Å². The van der Waals surface area contributed by atoms with Crippen molar-refractivity contribution in [3.63, 3.8) is 0 Å². The molecule has 1 aliphatic heterocycles. The number of benzene rings is 7. The number of rotatable bonds is 6. The average molecular weight is 737 g/mol. The van der Waals surface area contributed by atoms with Gasteiger partial charge in [-0.2, -0.15) is 0 Å². The van der Waals surface area contributed by atoms with Crippen LogP contribution in [0.15, 0.2) is 188 Å². The van der Waals surface area contributed by atoms with Crippen molar-refractivity contribution in [1.29, 1.82) is 0 Å². The van der Waals surface area contributed by atoms with E-state index < -0.39 is 8.07 Å². The summed E-state index contributed by atoms with van der Waals surface area (Å²) in [5, 5.41) is 7.50. The molecule has 0 aliphatic carbocycles. The number of aryl methyl sites for hydroxylation is 1. The maximum Gasteiger partial charge on any atom is 0.179 e. The molecule has 10 rings (SSSR count). The molecule has 3 heterocycles. The van der Waals surface area contributed by atoms with Gasteiger partial charge in [0.2, 0.25) is 0 Å². The van der Waals surface area contributed by atoms with Crippen LogP contribution in [0.3, 0.4) is 0 Å². The van der Waals surface area contributed by atoms with Crippen molar-refractivity contribution >= 4 is 50.6 Å². The summed E-state index contributed by atoms with van der Waals surface area (Å²) < 4.78 is 6.81. The number of aromatic nitrogens is 2. The Morgan fingerprint density at radius 3 is 1.95 bits per heavy atom. The smallest absolute Gasteiger partial charge is 0.179 e. The molecule has 1 aliphatic rings. The van der Waals surface area contributed by atoms with E-state index >= 15 is 0 Å². The Balaban J connectivity index is 1.26. The van der Waals surface area contributed by atoms with Crippen molar-refractivity contribution < 1.29 is 4.74 Å². The SMILES string of the molecule is Cc1cccc([Si](c2ccccc2)(c2ccccc2)c2cccc(-c3cc(-c4cccc5c4Oc4ccccc4C5(C)C)nc4c3ccc3cccnc34)c2)c1. The number of nitrogens with zero attached hydrogens (tertiary/aromatic N) is 2. The molecule has 3 nitrogen and oxygen atoms in total. The standard InChI is InChI=1S/C52H40N2OSi/c1-35-16-12-23-40(32-35)56(38-19-6-4-7-20-38,39-21-8-5-9-22-39)41-24-13-17-37(33-41)44-34-47(54-50-42(44)30-29-36-18-15-31-53-49(36)50)43-25-14-27-46-51(43)55-48-28-11-10-26-45(48)52(46,2)3/h4-34H,1-3H3. The van der Waals surface area contributed by atoms with Crippen LogP contribution in [0.25, 0.3) is 44.2 Å². The largest absolute Gasteiger partial charge is 0.456 e. The topological polar surface area (TPSA) is 35.0 Å². The van der Waals surface area contributed by atoms with Gasteiger partial charge in [-0.05, 0) is 63.1 Å². The highest BCUT2D eigenvalue weighted by Gasteiger charge is 2.42. The van der Waals surface area contributed by atoms with E-state index in [1.165, 1.54) is 31.9 Å². The third-order valence-electron chi connectivity index (χ3n) is 11.8.